The Balaban J connectivity index is 1.45. The predicted octanol–water partition coefficient (Wildman–Crippen LogP) is -0.378. The molecule has 3 aliphatic rings. The minimum Gasteiger partial charge on any atom is -0.390 e. The van der Waals surface area contributed by atoms with Gasteiger partial charge in [-0.15, -0.1) is 6.42 Å². The molecule has 29 heavy (non-hydrogen) atoms. The first-order chi connectivity index (χ1) is 14.0. The van der Waals surface area contributed by atoms with Gasteiger partial charge in [-0.05, 0) is 13.3 Å². The molecule has 2 aromatic rings. The zero-order valence-electron chi connectivity index (χ0n) is 16.4. The van der Waals surface area contributed by atoms with Crippen LogP contribution in [-0.2, 0) is 16.6 Å². The van der Waals surface area contributed by atoms with Gasteiger partial charge in [0.1, 0.15) is 11.6 Å². The van der Waals surface area contributed by atoms with Gasteiger partial charge in [0.25, 0.3) is 0 Å². The molecule has 6 atom stereocenters. The summed E-state index contributed by atoms with van der Waals surface area (Å²) in [5.41, 5.74) is 0.784. The molecule has 0 spiro atoms. The molecule has 9 heteroatoms. The fraction of sp³-hybridized carbons (Fsp3) is 0.600. The number of hydrogen-bond donors (Lipinski definition) is 2. The van der Waals surface area contributed by atoms with Crippen LogP contribution in [0.2, 0.25) is 0 Å². The van der Waals surface area contributed by atoms with Crippen molar-refractivity contribution in [3.8, 4) is 12.3 Å². The van der Waals surface area contributed by atoms with Gasteiger partial charge in [0, 0.05) is 32.0 Å². The summed E-state index contributed by atoms with van der Waals surface area (Å²) < 4.78 is 7.84. The highest BCUT2D eigenvalue weighted by Crippen LogP contribution is 2.48. The molecule has 5 rings (SSSR count). The maximum atomic E-state index is 12.6. The molecule has 5 heterocycles. The Morgan fingerprint density at radius 3 is 3.00 bits per heavy atom. The maximum absolute atomic E-state index is 12.6. The van der Waals surface area contributed by atoms with Crippen molar-refractivity contribution in [1.82, 2.24) is 25.1 Å². The number of carbonyl (C=O) groups excluding carboxylic acids is 1. The van der Waals surface area contributed by atoms with Crippen molar-refractivity contribution in [2.24, 2.45) is 24.8 Å². The SMILES string of the molecule is C#CCNC(=O)C1C[C@@H]2O[C@H]1[C@H]1CN(c3nc(C)nc4c3cnn4C)C[C@H]1[C@@H]2O. The van der Waals surface area contributed by atoms with Gasteiger partial charge in [-0.1, -0.05) is 5.92 Å². The largest absolute Gasteiger partial charge is 0.390 e. The Bertz CT molecular complexity index is 1010. The van der Waals surface area contributed by atoms with Crippen molar-refractivity contribution >= 4 is 22.8 Å². The standard InChI is InChI=1S/C20H24N6O3/c1-4-5-21-20(28)11-6-15-16(27)13-8-26(9-14(13)17(11)29-15)19-12-7-22-25(3)18(12)23-10(2)24-19/h1,7,11,13-17,27H,5-6,8-9H2,2-3H3,(H,21,28)/t11?,13-,14+,15+,16+,17-/m1/s1. The quantitative estimate of drug-likeness (QED) is 0.682. The molecule has 3 saturated heterocycles. The molecular weight excluding hydrogens is 372 g/mol. The van der Waals surface area contributed by atoms with Crippen LogP contribution in [0.15, 0.2) is 6.20 Å². The third-order valence-electron chi connectivity index (χ3n) is 6.55. The third-order valence-corrected chi connectivity index (χ3v) is 6.55. The summed E-state index contributed by atoms with van der Waals surface area (Å²) >= 11 is 0. The zero-order valence-corrected chi connectivity index (χ0v) is 16.4. The second-order valence-electron chi connectivity index (χ2n) is 8.23. The summed E-state index contributed by atoms with van der Waals surface area (Å²) in [6.45, 7) is 3.40. The van der Waals surface area contributed by atoms with Gasteiger partial charge in [0.15, 0.2) is 5.65 Å². The van der Waals surface area contributed by atoms with E-state index in [0.29, 0.717) is 25.3 Å². The van der Waals surface area contributed by atoms with Crippen LogP contribution in [0.1, 0.15) is 12.2 Å². The van der Waals surface area contributed by atoms with Crippen LogP contribution < -0.4 is 10.2 Å². The number of nitrogens with one attached hydrogen (secondary N) is 1. The average molecular weight is 396 g/mol. The normalized spacial score (nSPS) is 33.0. The number of aromatic nitrogens is 4. The first-order valence-electron chi connectivity index (χ1n) is 9.94. The lowest BCUT2D eigenvalue weighted by molar-refractivity contribution is -0.140. The van der Waals surface area contributed by atoms with E-state index in [-0.39, 0.29) is 42.4 Å². The van der Waals surface area contributed by atoms with Crippen LogP contribution in [0.4, 0.5) is 5.82 Å². The topological polar surface area (TPSA) is 105 Å². The van der Waals surface area contributed by atoms with Crippen LogP contribution in [0.3, 0.4) is 0 Å². The van der Waals surface area contributed by atoms with Gasteiger partial charge < -0.3 is 20.1 Å². The summed E-state index contributed by atoms with van der Waals surface area (Å²) in [6, 6.07) is 0. The number of fused-ring (bicyclic) bond motifs is 5. The van der Waals surface area contributed by atoms with Gasteiger partial charge >= 0.3 is 0 Å². The van der Waals surface area contributed by atoms with Gasteiger partial charge in [0.05, 0.1) is 42.4 Å². The number of rotatable bonds is 3. The molecule has 0 aliphatic carbocycles. The monoisotopic (exact) mass is 396 g/mol. The first-order valence-corrected chi connectivity index (χ1v) is 9.94. The number of amides is 1. The van der Waals surface area contributed by atoms with Crippen molar-refractivity contribution in [3.63, 3.8) is 0 Å². The summed E-state index contributed by atoms with van der Waals surface area (Å²) in [6.07, 6.45) is 6.46. The summed E-state index contributed by atoms with van der Waals surface area (Å²) in [7, 11) is 1.86. The smallest absolute Gasteiger partial charge is 0.226 e. The Morgan fingerprint density at radius 2 is 2.21 bits per heavy atom. The lowest BCUT2D eigenvalue weighted by Gasteiger charge is -2.36. The van der Waals surface area contributed by atoms with E-state index in [2.05, 4.69) is 31.2 Å². The number of ether oxygens (including phenoxy) is 1. The molecule has 3 fully saturated rings. The van der Waals surface area contributed by atoms with E-state index >= 15 is 0 Å². The van der Waals surface area contributed by atoms with Crippen molar-refractivity contribution in [1.29, 1.82) is 0 Å². The minimum absolute atomic E-state index is 0.0335. The average Bonchev–Trinajstić information content (AvgIpc) is 3.40. The Kier molecular flexibility index (Phi) is 4.22. The molecule has 1 unspecified atom stereocenters. The molecule has 1 amide bonds. The van der Waals surface area contributed by atoms with Crippen molar-refractivity contribution in [2.75, 3.05) is 24.5 Å². The summed E-state index contributed by atoms with van der Waals surface area (Å²) in [4.78, 5) is 23.9. The lowest BCUT2D eigenvalue weighted by Crippen LogP contribution is -2.47. The number of carbonyl (C=O) groups is 1. The molecular formula is C20H24N6O3. The van der Waals surface area contributed by atoms with Crippen molar-refractivity contribution < 1.29 is 14.6 Å². The van der Waals surface area contributed by atoms with E-state index in [1.54, 1.807) is 10.9 Å². The van der Waals surface area contributed by atoms with Crippen LogP contribution in [0.5, 0.6) is 0 Å². The van der Waals surface area contributed by atoms with Crippen LogP contribution in [0.25, 0.3) is 11.0 Å². The number of aryl methyl sites for hydroxylation is 2. The number of anilines is 1. The molecule has 3 aliphatic heterocycles. The van der Waals surface area contributed by atoms with Gasteiger partial charge in [-0.2, -0.15) is 5.10 Å². The van der Waals surface area contributed by atoms with Gasteiger partial charge in [-0.25, -0.2) is 9.97 Å². The fourth-order valence-corrected chi connectivity index (χ4v) is 5.25. The Hall–Kier alpha value is -2.70. The highest BCUT2D eigenvalue weighted by molar-refractivity contribution is 5.87. The van der Waals surface area contributed by atoms with E-state index in [0.717, 1.165) is 16.9 Å². The highest BCUT2D eigenvalue weighted by Gasteiger charge is 2.58. The van der Waals surface area contributed by atoms with E-state index < -0.39 is 6.10 Å². The molecule has 2 bridgehead atoms. The maximum Gasteiger partial charge on any atom is 0.226 e. The zero-order chi connectivity index (χ0) is 20.3. The second-order valence-corrected chi connectivity index (χ2v) is 8.23. The highest BCUT2D eigenvalue weighted by atomic mass is 16.5. The van der Waals surface area contributed by atoms with Gasteiger partial charge in [-0.3, -0.25) is 9.48 Å². The molecule has 0 radical (unpaired) electrons. The van der Waals surface area contributed by atoms with E-state index in [1.807, 2.05) is 14.0 Å². The summed E-state index contributed by atoms with van der Waals surface area (Å²) in [5.74, 6) is 3.64. The lowest BCUT2D eigenvalue weighted by atomic mass is 9.83. The van der Waals surface area contributed by atoms with Crippen molar-refractivity contribution in [3.05, 3.63) is 12.0 Å². The van der Waals surface area contributed by atoms with Crippen molar-refractivity contribution in [2.45, 2.75) is 31.7 Å². The van der Waals surface area contributed by atoms with E-state index in [9.17, 15) is 9.90 Å². The molecule has 9 nitrogen and oxygen atoms in total. The number of nitrogens with zero attached hydrogens (tertiary/aromatic N) is 5. The molecule has 2 N–H and O–H groups in total. The number of terminal acetylenes is 1. The Morgan fingerprint density at radius 1 is 1.41 bits per heavy atom. The van der Waals surface area contributed by atoms with Crippen LogP contribution in [-0.4, -0.2) is 68.7 Å². The van der Waals surface area contributed by atoms with E-state index in [1.165, 1.54) is 0 Å². The van der Waals surface area contributed by atoms with E-state index in [4.69, 9.17) is 11.2 Å². The number of hydrogen-bond acceptors (Lipinski definition) is 7. The first kappa shape index (κ1) is 18.3. The van der Waals surface area contributed by atoms with Crippen LogP contribution >= 0.6 is 0 Å². The molecule has 152 valence electrons. The second kappa shape index (κ2) is 6.68. The molecule has 0 saturated carbocycles. The molecule has 2 aromatic heterocycles. The fourth-order valence-electron chi connectivity index (χ4n) is 5.25. The van der Waals surface area contributed by atoms with Crippen LogP contribution in [0, 0.1) is 37.0 Å². The Labute approximate surface area is 168 Å². The predicted molar refractivity (Wildman–Crippen MR) is 105 cm³/mol. The third kappa shape index (κ3) is 2.78. The van der Waals surface area contributed by atoms with Gasteiger partial charge in [0.2, 0.25) is 5.91 Å². The summed E-state index contributed by atoms with van der Waals surface area (Å²) in [5, 5.41) is 18.9. The molecule has 0 aromatic carbocycles. The minimum atomic E-state index is -0.598. The number of aliphatic hydroxyl groups is 1. The number of aliphatic hydroxyl groups excluding tert-OH is 1.